The van der Waals surface area contributed by atoms with Crippen LogP contribution in [-0.2, 0) is 40.5 Å². The molecule has 30 heteroatoms. The largest absolute Gasteiger partial charge is 0.395 e. The van der Waals surface area contributed by atoms with E-state index in [1.807, 2.05) is 18.7 Å². The highest BCUT2D eigenvalue weighted by atomic mass is 32.2. The molecule has 0 unspecified atom stereocenters. The lowest BCUT2D eigenvalue weighted by atomic mass is 10.1. The Morgan fingerprint density at radius 1 is 0.529 bits per heavy atom. The summed E-state index contributed by atoms with van der Waals surface area (Å²) in [5.74, 6) is 0.187. The summed E-state index contributed by atoms with van der Waals surface area (Å²) in [7, 11) is -18.9. The Morgan fingerprint density at radius 2 is 0.900 bits per heavy atom. The minimum atomic E-state index is -5.01. The van der Waals surface area contributed by atoms with E-state index >= 15 is 0 Å². The Morgan fingerprint density at radius 3 is 1.23 bits per heavy atom. The van der Waals surface area contributed by atoms with Crippen LogP contribution in [0, 0.1) is 0 Å². The summed E-state index contributed by atoms with van der Waals surface area (Å²) in [5.41, 5.74) is -0.0680. The van der Waals surface area contributed by atoms with Crippen molar-refractivity contribution in [3.05, 3.63) is 107 Å². The molecule has 0 fully saturated rings. The van der Waals surface area contributed by atoms with Crippen LogP contribution in [0.15, 0.2) is 114 Å². The number of nitrogens with zero attached hydrogens (tertiary/aromatic N) is 8. The maximum atomic E-state index is 12.8. The van der Waals surface area contributed by atoms with E-state index in [4.69, 9.17) is 0 Å². The molecule has 0 spiro atoms. The normalized spacial score (nSPS) is 12.9. The number of benzene rings is 4. The summed E-state index contributed by atoms with van der Waals surface area (Å²) < 4.78 is 136. The average molecular weight is 1050 g/mol. The molecule has 0 bridgehead atoms. The highest BCUT2D eigenvalue weighted by Crippen LogP contribution is 2.28. The van der Waals surface area contributed by atoms with Gasteiger partial charge in [0.15, 0.2) is 0 Å². The van der Waals surface area contributed by atoms with Crippen molar-refractivity contribution in [3.8, 4) is 0 Å². The van der Waals surface area contributed by atoms with E-state index in [2.05, 4.69) is 50.5 Å². The second-order valence-corrected chi connectivity index (χ2v) is 20.1. The van der Waals surface area contributed by atoms with Gasteiger partial charge in [0.2, 0.25) is 35.0 Å². The molecule has 0 saturated carbocycles. The molecule has 4 aromatic carbocycles. The summed E-state index contributed by atoms with van der Waals surface area (Å²) in [6.07, 6.45) is 2.33. The smallest absolute Gasteiger partial charge is 0.295 e. The van der Waals surface area contributed by atoms with E-state index in [1.54, 1.807) is 0 Å². The van der Waals surface area contributed by atoms with Crippen LogP contribution in [0.2, 0.25) is 0 Å². The number of rotatable bonds is 20. The van der Waals surface area contributed by atoms with Gasteiger partial charge in [0, 0.05) is 37.6 Å². The number of anilines is 6. The number of aliphatic hydroxyl groups is 2. The molecular weight excluding hydrogens is 1000 g/mol. The highest BCUT2D eigenvalue weighted by molar-refractivity contribution is 7.86. The van der Waals surface area contributed by atoms with Crippen LogP contribution in [0.3, 0.4) is 0 Å². The number of aromatic amines is 2. The van der Waals surface area contributed by atoms with Gasteiger partial charge in [-0.25, -0.2) is 9.98 Å². The SMILES string of the molecule is CCN(CC)c1nc(Nc2ccc(S(=O)(=O)O)cc2)nc(=Nc2ccc(/C=C/c3ccc(N=c4nc(Nc5ccc(S(=O)(=O)O)cc5)nc(N(CCO)CCO)[nH]4)cc3S(=O)(=O)O)c(S(=O)(=O)O)c2)[nH]1. The predicted molar refractivity (Wildman–Crippen MR) is 254 cm³/mol. The van der Waals surface area contributed by atoms with E-state index in [0.717, 1.165) is 42.5 Å². The number of aromatic nitrogens is 6. The summed E-state index contributed by atoms with van der Waals surface area (Å²) in [4.78, 5) is 33.2. The van der Waals surface area contributed by atoms with E-state index in [9.17, 15) is 62.1 Å². The first-order valence-corrected chi connectivity index (χ1v) is 26.1. The van der Waals surface area contributed by atoms with Crippen molar-refractivity contribution in [2.75, 3.05) is 59.8 Å². The van der Waals surface area contributed by atoms with Gasteiger partial charge in [-0.3, -0.25) is 28.2 Å². The lowest BCUT2D eigenvalue weighted by Crippen LogP contribution is -2.33. The third-order valence-electron chi connectivity index (χ3n) is 9.68. The molecule has 0 radical (unpaired) electrons. The van der Waals surface area contributed by atoms with Crippen LogP contribution >= 0.6 is 0 Å². The summed E-state index contributed by atoms with van der Waals surface area (Å²) in [6, 6.07) is 17.2. The Balaban J connectivity index is 1.37. The van der Waals surface area contributed by atoms with Crippen molar-refractivity contribution in [3.63, 3.8) is 0 Å². The van der Waals surface area contributed by atoms with Gasteiger partial charge in [-0.15, -0.1) is 0 Å². The number of hydrogen-bond donors (Lipinski definition) is 10. The molecule has 6 aromatic rings. The lowest BCUT2D eigenvalue weighted by Gasteiger charge is -2.21. The minimum absolute atomic E-state index is 0.00401. The molecule has 0 aliphatic carbocycles. The van der Waals surface area contributed by atoms with E-state index in [0.29, 0.717) is 24.7 Å². The van der Waals surface area contributed by atoms with Crippen molar-refractivity contribution in [1.82, 2.24) is 29.9 Å². The second kappa shape index (κ2) is 21.7. The summed E-state index contributed by atoms with van der Waals surface area (Å²) >= 11 is 0. The maximum absolute atomic E-state index is 12.8. The van der Waals surface area contributed by atoms with Crippen LogP contribution < -0.4 is 31.7 Å². The van der Waals surface area contributed by atoms with Gasteiger partial charge in [0.05, 0.1) is 34.4 Å². The molecule has 6 rings (SSSR count). The van der Waals surface area contributed by atoms with Gasteiger partial charge in [0.25, 0.3) is 40.5 Å². The van der Waals surface area contributed by atoms with Crippen LogP contribution in [0.4, 0.5) is 46.5 Å². The predicted octanol–water partition coefficient (Wildman–Crippen LogP) is 2.67. The molecule has 2 aromatic heterocycles. The fraction of sp³-hybridized carbons (Fsp3) is 0.200. The molecule has 0 aliphatic rings. The van der Waals surface area contributed by atoms with Crippen LogP contribution in [-0.4, -0.2) is 131 Å². The number of aliphatic hydroxyl groups excluding tert-OH is 2. The van der Waals surface area contributed by atoms with E-state index in [1.165, 1.54) is 59.5 Å². The monoisotopic (exact) mass is 1040 g/mol. The zero-order valence-electron chi connectivity index (χ0n) is 36.6. The first-order chi connectivity index (χ1) is 33.0. The van der Waals surface area contributed by atoms with Crippen molar-refractivity contribution in [2.24, 2.45) is 9.98 Å². The molecule has 0 amide bonds. The Bertz CT molecular complexity index is 3510. The van der Waals surface area contributed by atoms with Crippen molar-refractivity contribution in [2.45, 2.75) is 33.4 Å². The quantitative estimate of drug-likeness (QED) is 0.0388. The number of nitrogens with one attached hydrogen (secondary N) is 4. The average Bonchev–Trinajstić information content (AvgIpc) is 3.28. The maximum Gasteiger partial charge on any atom is 0.295 e. The van der Waals surface area contributed by atoms with Crippen molar-refractivity contribution < 1.29 is 62.1 Å². The topological polar surface area (TPSA) is 396 Å². The first kappa shape index (κ1) is 52.4. The third-order valence-corrected chi connectivity index (χ3v) is 13.2. The molecule has 372 valence electrons. The molecule has 70 heavy (non-hydrogen) atoms. The minimum Gasteiger partial charge on any atom is -0.395 e. The zero-order chi connectivity index (χ0) is 51.0. The number of H-pyrrole nitrogens is 2. The van der Waals surface area contributed by atoms with Crippen molar-refractivity contribution in [1.29, 1.82) is 0 Å². The molecular formula is C40H44N12O14S4. The molecule has 10 N–H and O–H groups in total. The standard InChI is InChI=1S/C40H44N12O14S4/c1-3-51(4-2)39-47-35(41-27-11-15-31(16-12-27)67(55,56)57)45-37(48-39)43-29-9-7-25(33(23-29)69(61,62)63)5-6-26-8-10-30(24-34(26)70(64,65)66)44-38-46-36(49-40(50-38)52(19-21-53)20-22-54)42-28-13-17-32(18-14-28)68(58,59)60/h5-18,23-24,53-54H,3-4,19-22H2,1-2H3,(H,55,56,57)(H,58,59,60)(H,61,62,63)(H,64,65,66)(H2,41,43,45,47,48)(H2,42,44,46,49,50)/b6-5+. The molecule has 0 saturated heterocycles. The zero-order valence-corrected chi connectivity index (χ0v) is 39.9. The summed E-state index contributed by atoms with van der Waals surface area (Å²) in [6.45, 7) is 3.99. The summed E-state index contributed by atoms with van der Waals surface area (Å²) in [5, 5.41) is 25.1. The fourth-order valence-electron chi connectivity index (χ4n) is 6.38. The van der Waals surface area contributed by atoms with Gasteiger partial charge in [-0.05, 0) is 97.8 Å². The van der Waals surface area contributed by atoms with Crippen molar-refractivity contribution >= 4 is 99.2 Å². The van der Waals surface area contributed by atoms with Crippen LogP contribution in [0.1, 0.15) is 25.0 Å². The number of hydrogen-bond acceptors (Lipinski definition) is 20. The first-order valence-electron chi connectivity index (χ1n) is 20.4. The molecule has 26 nitrogen and oxygen atoms in total. The Hall–Kier alpha value is -7.00. The Kier molecular flexibility index (Phi) is 16.3. The second-order valence-electron chi connectivity index (χ2n) is 14.4. The van der Waals surface area contributed by atoms with E-state index in [-0.39, 0.29) is 93.4 Å². The highest BCUT2D eigenvalue weighted by Gasteiger charge is 2.19. The van der Waals surface area contributed by atoms with Gasteiger partial charge in [-0.2, -0.15) is 53.6 Å². The van der Waals surface area contributed by atoms with E-state index < -0.39 is 50.3 Å². The van der Waals surface area contributed by atoms with Crippen LogP contribution in [0.25, 0.3) is 12.2 Å². The van der Waals surface area contributed by atoms with Crippen LogP contribution in [0.5, 0.6) is 0 Å². The van der Waals surface area contributed by atoms with Gasteiger partial charge in [-0.1, -0.05) is 24.3 Å². The van der Waals surface area contributed by atoms with Gasteiger partial charge < -0.3 is 30.6 Å². The molecule has 0 atom stereocenters. The lowest BCUT2D eigenvalue weighted by molar-refractivity contribution is 0.280. The Labute approximate surface area is 400 Å². The van der Waals surface area contributed by atoms with Gasteiger partial charge in [0.1, 0.15) is 9.79 Å². The van der Waals surface area contributed by atoms with Gasteiger partial charge >= 0.3 is 0 Å². The molecule has 0 aliphatic heterocycles. The third kappa shape index (κ3) is 13.8. The fourth-order valence-corrected chi connectivity index (χ4v) is 8.75. The molecule has 2 heterocycles.